The van der Waals surface area contributed by atoms with E-state index < -0.39 is 12.0 Å². The van der Waals surface area contributed by atoms with E-state index in [9.17, 15) is 9.90 Å². The summed E-state index contributed by atoms with van der Waals surface area (Å²) in [5.74, 6) is -0.285. The highest BCUT2D eigenvalue weighted by atomic mass is 16.5. The molecule has 1 unspecified atom stereocenters. The molecule has 0 bridgehead atoms. The number of methoxy groups -OCH3 is 1. The van der Waals surface area contributed by atoms with Gasteiger partial charge in [-0.2, -0.15) is 0 Å². The second kappa shape index (κ2) is 5.36. The second-order valence-electron chi connectivity index (χ2n) is 2.70. The largest absolute Gasteiger partial charge is 0.389 e. The summed E-state index contributed by atoms with van der Waals surface area (Å²) >= 11 is 0. The number of amides is 1. The number of aliphatic hydroxyl groups is 1. The number of hydrogen-bond acceptors (Lipinski definition) is 5. The zero-order valence-electron chi connectivity index (χ0n) is 7.77. The first-order valence-electron chi connectivity index (χ1n) is 4.10. The van der Waals surface area contributed by atoms with E-state index in [1.54, 1.807) is 0 Å². The summed E-state index contributed by atoms with van der Waals surface area (Å²) in [6, 6.07) is 1.44. The van der Waals surface area contributed by atoms with Crippen LogP contribution in [0, 0.1) is 0 Å². The third-order valence-corrected chi connectivity index (χ3v) is 1.52. The minimum absolute atomic E-state index is 0.118. The normalized spacial score (nSPS) is 12.4. The van der Waals surface area contributed by atoms with Gasteiger partial charge in [0.15, 0.2) is 0 Å². The van der Waals surface area contributed by atoms with Crippen LogP contribution in [0.5, 0.6) is 0 Å². The van der Waals surface area contributed by atoms with E-state index in [1.807, 2.05) is 0 Å². The zero-order valence-corrected chi connectivity index (χ0v) is 7.77. The number of ether oxygens (including phenoxy) is 1. The van der Waals surface area contributed by atoms with E-state index in [-0.39, 0.29) is 18.9 Å². The molecule has 0 aliphatic carbocycles. The van der Waals surface area contributed by atoms with Gasteiger partial charge in [-0.05, 0) is 0 Å². The minimum atomic E-state index is -0.716. The number of carbonyl (C=O) groups excluding carboxylic acids is 1. The fraction of sp³-hybridized carbons (Fsp3) is 0.500. The molecule has 0 fully saturated rings. The lowest BCUT2D eigenvalue weighted by Gasteiger charge is -2.09. The fourth-order valence-electron chi connectivity index (χ4n) is 0.882. The van der Waals surface area contributed by atoms with Gasteiger partial charge in [-0.1, -0.05) is 5.16 Å². The van der Waals surface area contributed by atoms with Gasteiger partial charge < -0.3 is 19.7 Å². The molecule has 0 saturated carbocycles. The van der Waals surface area contributed by atoms with E-state index in [2.05, 4.69) is 19.7 Å². The van der Waals surface area contributed by atoms with E-state index in [4.69, 9.17) is 0 Å². The van der Waals surface area contributed by atoms with Crippen LogP contribution in [-0.2, 0) is 4.74 Å². The van der Waals surface area contributed by atoms with Crippen LogP contribution in [0.4, 0.5) is 0 Å². The zero-order chi connectivity index (χ0) is 10.4. The molecule has 6 heteroatoms. The standard InChI is InChI=1S/C8H12N2O4/c1-13-5-6(11)4-9-8(12)7-2-3-10-14-7/h2-3,6,11H,4-5H2,1H3,(H,9,12). The van der Waals surface area contributed by atoms with Gasteiger partial charge in [-0.25, -0.2) is 0 Å². The molecule has 1 heterocycles. The first-order valence-corrected chi connectivity index (χ1v) is 4.10. The van der Waals surface area contributed by atoms with Crippen molar-refractivity contribution in [2.24, 2.45) is 0 Å². The monoisotopic (exact) mass is 200 g/mol. The molecule has 1 rings (SSSR count). The first kappa shape index (κ1) is 10.7. The second-order valence-corrected chi connectivity index (χ2v) is 2.70. The smallest absolute Gasteiger partial charge is 0.289 e. The van der Waals surface area contributed by atoms with Crippen molar-refractivity contribution in [3.63, 3.8) is 0 Å². The summed E-state index contributed by atoms with van der Waals surface area (Å²) in [4.78, 5) is 11.2. The van der Waals surface area contributed by atoms with Crippen molar-refractivity contribution in [2.75, 3.05) is 20.3 Å². The highest BCUT2D eigenvalue weighted by Gasteiger charge is 2.11. The Morgan fingerprint density at radius 2 is 2.64 bits per heavy atom. The SMILES string of the molecule is COCC(O)CNC(=O)c1ccno1. The molecule has 1 aromatic heterocycles. The number of aromatic nitrogens is 1. The minimum Gasteiger partial charge on any atom is -0.389 e. The van der Waals surface area contributed by atoms with Gasteiger partial charge in [0.05, 0.1) is 18.9 Å². The molecule has 0 saturated heterocycles. The molecule has 6 nitrogen and oxygen atoms in total. The molecule has 0 aliphatic heterocycles. The summed E-state index contributed by atoms with van der Waals surface area (Å²) in [7, 11) is 1.47. The molecule has 14 heavy (non-hydrogen) atoms. The topological polar surface area (TPSA) is 84.6 Å². The van der Waals surface area contributed by atoms with E-state index in [0.717, 1.165) is 0 Å². The maximum Gasteiger partial charge on any atom is 0.289 e. The lowest BCUT2D eigenvalue weighted by Crippen LogP contribution is -2.34. The highest BCUT2D eigenvalue weighted by Crippen LogP contribution is 1.95. The third-order valence-electron chi connectivity index (χ3n) is 1.52. The Morgan fingerprint density at radius 1 is 1.86 bits per heavy atom. The van der Waals surface area contributed by atoms with E-state index in [0.29, 0.717) is 0 Å². The number of nitrogens with one attached hydrogen (secondary N) is 1. The van der Waals surface area contributed by atoms with E-state index in [1.165, 1.54) is 19.4 Å². The molecule has 0 radical (unpaired) electrons. The van der Waals surface area contributed by atoms with Crippen molar-refractivity contribution < 1.29 is 19.2 Å². The van der Waals surface area contributed by atoms with Gasteiger partial charge in [-0.3, -0.25) is 4.79 Å². The lowest BCUT2D eigenvalue weighted by atomic mass is 10.3. The molecular formula is C8H12N2O4. The number of rotatable bonds is 5. The molecule has 0 aromatic carbocycles. The maximum atomic E-state index is 11.2. The van der Waals surface area contributed by atoms with Crippen LogP contribution in [0.1, 0.15) is 10.6 Å². The molecule has 1 atom stereocenters. The summed E-state index contributed by atoms with van der Waals surface area (Å²) in [5, 5.41) is 15.1. The van der Waals surface area contributed by atoms with Gasteiger partial charge in [-0.15, -0.1) is 0 Å². The molecule has 1 aromatic rings. The molecule has 78 valence electrons. The molecular weight excluding hydrogens is 188 g/mol. The predicted molar refractivity (Wildman–Crippen MR) is 46.7 cm³/mol. The third kappa shape index (κ3) is 3.15. The number of aliphatic hydroxyl groups excluding tert-OH is 1. The highest BCUT2D eigenvalue weighted by molar-refractivity contribution is 5.91. The van der Waals surface area contributed by atoms with Gasteiger partial charge in [0.2, 0.25) is 5.76 Å². The lowest BCUT2D eigenvalue weighted by molar-refractivity contribution is 0.0601. The predicted octanol–water partition coefficient (Wildman–Crippen LogP) is -0.588. The Morgan fingerprint density at radius 3 is 3.21 bits per heavy atom. The van der Waals surface area contributed by atoms with Gasteiger partial charge in [0.25, 0.3) is 5.91 Å². The number of hydrogen-bond donors (Lipinski definition) is 2. The summed E-state index contributed by atoms with van der Waals surface area (Å²) < 4.78 is 9.30. The summed E-state index contributed by atoms with van der Waals surface area (Å²) in [6.45, 7) is 0.296. The number of carbonyl (C=O) groups is 1. The quantitative estimate of drug-likeness (QED) is 0.663. The Hall–Kier alpha value is -1.40. The van der Waals surface area contributed by atoms with Gasteiger partial charge >= 0.3 is 0 Å². The maximum absolute atomic E-state index is 11.2. The summed E-state index contributed by atoms with van der Waals surface area (Å²) in [5.41, 5.74) is 0. The average Bonchev–Trinajstić information content (AvgIpc) is 2.67. The van der Waals surface area contributed by atoms with Crippen LogP contribution < -0.4 is 5.32 Å². The Bertz CT molecular complexity index is 273. The van der Waals surface area contributed by atoms with Crippen LogP contribution in [0.2, 0.25) is 0 Å². The van der Waals surface area contributed by atoms with Gasteiger partial charge in [0.1, 0.15) is 0 Å². The van der Waals surface area contributed by atoms with Crippen LogP contribution in [0.15, 0.2) is 16.8 Å². The molecule has 1 amide bonds. The molecule has 0 spiro atoms. The van der Waals surface area contributed by atoms with Crippen LogP contribution in [-0.4, -0.2) is 42.5 Å². The van der Waals surface area contributed by atoms with Crippen molar-refractivity contribution in [1.82, 2.24) is 10.5 Å². The van der Waals surface area contributed by atoms with Gasteiger partial charge in [0, 0.05) is 19.7 Å². The van der Waals surface area contributed by atoms with Crippen molar-refractivity contribution in [2.45, 2.75) is 6.10 Å². The van der Waals surface area contributed by atoms with Crippen molar-refractivity contribution in [1.29, 1.82) is 0 Å². The van der Waals surface area contributed by atoms with Crippen molar-refractivity contribution in [3.8, 4) is 0 Å². The van der Waals surface area contributed by atoms with Crippen LogP contribution in [0.3, 0.4) is 0 Å². The van der Waals surface area contributed by atoms with Crippen LogP contribution in [0.25, 0.3) is 0 Å². The number of nitrogens with zero attached hydrogens (tertiary/aromatic N) is 1. The first-order chi connectivity index (χ1) is 6.74. The molecule has 2 N–H and O–H groups in total. The Balaban J connectivity index is 2.28. The summed E-state index contributed by atoms with van der Waals surface area (Å²) in [6.07, 6.45) is 0.660. The fourth-order valence-corrected chi connectivity index (χ4v) is 0.882. The Labute approximate surface area is 80.8 Å². The van der Waals surface area contributed by atoms with Crippen molar-refractivity contribution >= 4 is 5.91 Å². The Kier molecular flexibility index (Phi) is 4.09. The van der Waals surface area contributed by atoms with E-state index >= 15 is 0 Å². The molecule has 0 aliphatic rings. The van der Waals surface area contributed by atoms with Crippen LogP contribution >= 0.6 is 0 Å². The average molecular weight is 200 g/mol. The van der Waals surface area contributed by atoms with Crippen molar-refractivity contribution in [3.05, 3.63) is 18.0 Å².